The van der Waals surface area contributed by atoms with E-state index in [4.69, 9.17) is 0 Å². The zero-order valence-electron chi connectivity index (χ0n) is 17.9. The Labute approximate surface area is 194 Å². The molecule has 0 fully saturated rings. The Bertz CT molecular complexity index is 1310. The summed E-state index contributed by atoms with van der Waals surface area (Å²) in [6.07, 6.45) is 3.38. The van der Waals surface area contributed by atoms with Crippen LogP contribution in [0.2, 0.25) is 0 Å². The molecule has 4 rings (SSSR count). The van der Waals surface area contributed by atoms with Crippen molar-refractivity contribution in [2.75, 3.05) is 11.1 Å². The molecule has 0 spiro atoms. The maximum Gasteiger partial charge on any atom is 0.269 e. The van der Waals surface area contributed by atoms with Gasteiger partial charge in [0.1, 0.15) is 0 Å². The number of benzene rings is 2. The standard InChI is InChI=1S/C23H20N6O3S/c1-15-3-5-18(6-4-15)28-22(17-9-11-24-12-10-17)26-27-23(28)33-14-21(30)25-20-8-7-19(29(31)32)13-16(20)2/h3-13H,14H2,1-2H3,(H,25,30). The molecule has 9 nitrogen and oxygen atoms in total. The van der Waals surface area contributed by atoms with Gasteiger partial charge in [0.25, 0.3) is 5.69 Å². The molecular weight excluding hydrogens is 440 g/mol. The third-order valence-electron chi connectivity index (χ3n) is 4.89. The molecule has 0 aliphatic rings. The Morgan fingerprint density at radius 3 is 2.45 bits per heavy atom. The topological polar surface area (TPSA) is 116 Å². The van der Waals surface area contributed by atoms with Crippen LogP contribution in [0.15, 0.2) is 72.1 Å². The molecule has 0 unspecified atom stereocenters. The second kappa shape index (κ2) is 9.61. The molecular formula is C23H20N6O3S. The van der Waals surface area contributed by atoms with Crippen LogP contribution < -0.4 is 5.32 Å². The van der Waals surface area contributed by atoms with E-state index in [1.165, 1.54) is 30.0 Å². The fraction of sp³-hybridized carbons (Fsp3) is 0.130. The first-order valence-electron chi connectivity index (χ1n) is 10.0. The molecule has 0 saturated heterocycles. The minimum absolute atomic E-state index is 0.0188. The lowest BCUT2D eigenvalue weighted by molar-refractivity contribution is -0.384. The van der Waals surface area contributed by atoms with Gasteiger partial charge in [0.05, 0.1) is 10.7 Å². The molecule has 10 heteroatoms. The van der Waals surface area contributed by atoms with Crippen LogP contribution in [-0.2, 0) is 4.79 Å². The van der Waals surface area contributed by atoms with Crippen LogP contribution in [0.4, 0.5) is 11.4 Å². The Morgan fingerprint density at radius 2 is 1.79 bits per heavy atom. The lowest BCUT2D eigenvalue weighted by Crippen LogP contribution is -2.15. The van der Waals surface area contributed by atoms with Crippen LogP contribution in [0.1, 0.15) is 11.1 Å². The molecule has 0 atom stereocenters. The smallest absolute Gasteiger partial charge is 0.269 e. The van der Waals surface area contributed by atoms with Crippen molar-refractivity contribution in [3.05, 3.63) is 88.2 Å². The number of amides is 1. The number of nitrogens with one attached hydrogen (secondary N) is 1. The third-order valence-corrected chi connectivity index (χ3v) is 5.82. The Morgan fingerprint density at radius 1 is 1.06 bits per heavy atom. The van der Waals surface area contributed by atoms with Crippen molar-refractivity contribution in [2.45, 2.75) is 19.0 Å². The molecule has 2 aromatic heterocycles. The highest BCUT2D eigenvalue weighted by Crippen LogP contribution is 2.28. The van der Waals surface area contributed by atoms with E-state index in [9.17, 15) is 14.9 Å². The number of hydrogen-bond donors (Lipinski definition) is 1. The van der Waals surface area contributed by atoms with Gasteiger partial charge in [-0.15, -0.1) is 10.2 Å². The quantitative estimate of drug-likeness (QED) is 0.244. The molecule has 2 aromatic carbocycles. The van der Waals surface area contributed by atoms with Gasteiger partial charge >= 0.3 is 0 Å². The largest absolute Gasteiger partial charge is 0.325 e. The number of aryl methyl sites for hydroxylation is 2. The number of nitro groups is 1. The van der Waals surface area contributed by atoms with Gasteiger partial charge in [-0.3, -0.25) is 24.5 Å². The van der Waals surface area contributed by atoms with Gasteiger partial charge in [0.2, 0.25) is 5.91 Å². The van der Waals surface area contributed by atoms with Crippen molar-refractivity contribution in [3.8, 4) is 17.1 Å². The second-order valence-electron chi connectivity index (χ2n) is 7.31. The third kappa shape index (κ3) is 5.07. The summed E-state index contributed by atoms with van der Waals surface area (Å²) in [5.41, 5.74) is 4.00. The molecule has 0 aliphatic carbocycles. The van der Waals surface area contributed by atoms with Crippen LogP contribution in [0.25, 0.3) is 17.1 Å². The van der Waals surface area contributed by atoms with Gasteiger partial charge in [-0.05, 0) is 49.7 Å². The zero-order valence-corrected chi connectivity index (χ0v) is 18.7. The highest BCUT2D eigenvalue weighted by atomic mass is 32.2. The first-order valence-corrected chi connectivity index (χ1v) is 11.0. The normalized spacial score (nSPS) is 10.7. The lowest BCUT2D eigenvalue weighted by Gasteiger charge is -2.11. The van der Waals surface area contributed by atoms with Crippen LogP contribution in [-0.4, -0.2) is 36.3 Å². The van der Waals surface area contributed by atoms with Crippen LogP contribution in [0, 0.1) is 24.0 Å². The van der Waals surface area contributed by atoms with E-state index in [0.717, 1.165) is 16.8 Å². The van der Waals surface area contributed by atoms with Crippen LogP contribution >= 0.6 is 11.8 Å². The summed E-state index contributed by atoms with van der Waals surface area (Å²) in [5, 5.41) is 23.0. The highest BCUT2D eigenvalue weighted by Gasteiger charge is 2.18. The number of hydrogen-bond acceptors (Lipinski definition) is 7. The van der Waals surface area contributed by atoms with Crippen molar-refractivity contribution in [1.29, 1.82) is 0 Å². The summed E-state index contributed by atoms with van der Waals surface area (Å²) in [7, 11) is 0. The maximum absolute atomic E-state index is 12.6. The van der Waals surface area contributed by atoms with E-state index in [1.807, 2.05) is 47.9 Å². The number of nitrogens with zero attached hydrogens (tertiary/aromatic N) is 5. The van der Waals surface area contributed by atoms with Gasteiger partial charge in [-0.25, -0.2) is 0 Å². The van der Waals surface area contributed by atoms with Gasteiger partial charge in [-0.2, -0.15) is 0 Å². The predicted octanol–water partition coefficient (Wildman–Crippen LogP) is 4.59. The van der Waals surface area contributed by atoms with E-state index in [2.05, 4.69) is 20.5 Å². The Hall–Kier alpha value is -4.05. The average Bonchev–Trinajstić information content (AvgIpc) is 3.24. The molecule has 0 aliphatic heterocycles. The van der Waals surface area contributed by atoms with Crippen LogP contribution in [0.3, 0.4) is 0 Å². The van der Waals surface area contributed by atoms with Crippen molar-refractivity contribution >= 4 is 29.0 Å². The number of rotatable bonds is 7. The minimum atomic E-state index is -0.466. The molecule has 0 radical (unpaired) electrons. The van der Waals surface area contributed by atoms with Gasteiger partial charge in [0.15, 0.2) is 11.0 Å². The lowest BCUT2D eigenvalue weighted by atomic mass is 10.2. The van der Waals surface area contributed by atoms with Crippen molar-refractivity contribution < 1.29 is 9.72 Å². The first kappa shape index (κ1) is 22.2. The summed E-state index contributed by atoms with van der Waals surface area (Å²) in [5.74, 6) is 0.493. The monoisotopic (exact) mass is 460 g/mol. The number of carbonyl (C=O) groups excluding carboxylic acids is 1. The second-order valence-corrected chi connectivity index (χ2v) is 8.25. The van der Waals surface area contributed by atoms with Crippen LogP contribution in [0.5, 0.6) is 0 Å². The summed E-state index contributed by atoms with van der Waals surface area (Å²) in [6.45, 7) is 3.73. The van der Waals surface area contributed by atoms with Gasteiger partial charge in [0, 0.05) is 41.5 Å². The van der Waals surface area contributed by atoms with Crippen molar-refractivity contribution in [3.63, 3.8) is 0 Å². The molecule has 33 heavy (non-hydrogen) atoms. The molecule has 4 aromatic rings. The fourth-order valence-corrected chi connectivity index (χ4v) is 3.95. The number of pyridine rings is 1. The highest BCUT2D eigenvalue weighted by molar-refractivity contribution is 7.99. The number of thioether (sulfide) groups is 1. The van der Waals surface area contributed by atoms with Gasteiger partial charge in [-0.1, -0.05) is 29.5 Å². The molecule has 2 heterocycles. The molecule has 166 valence electrons. The SMILES string of the molecule is Cc1ccc(-n2c(SCC(=O)Nc3ccc([N+](=O)[O-])cc3C)nnc2-c2ccncc2)cc1. The maximum atomic E-state index is 12.6. The van der Waals surface area contributed by atoms with Crippen molar-refractivity contribution in [1.82, 2.24) is 19.7 Å². The summed E-state index contributed by atoms with van der Waals surface area (Å²) < 4.78 is 1.91. The van der Waals surface area contributed by atoms with E-state index in [1.54, 1.807) is 19.3 Å². The van der Waals surface area contributed by atoms with E-state index < -0.39 is 4.92 Å². The molecule has 0 saturated carbocycles. The summed E-state index contributed by atoms with van der Waals surface area (Å²) >= 11 is 1.26. The average molecular weight is 461 g/mol. The molecule has 0 bridgehead atoms. The summed E-state index contributed by atoms with van der Waals surface area (Å²) in [6, 6.07) is 16.0. The van der Waals surface area contributed by atoms with Crippen molar-refractivity contribution in [2.24, 2.45) is 0 Å². The number of non-ortho nitro benzene ring substituents is 1. The molecule has 1 N–H and O–H groups in total. The first-order chi connectivity index (χ1) is 15.9. The number of anilines is 1. The number of carbonyl (C=O) groups is 1. The molecule has 1 amide bonds. The predicted molar refractivity (Wildman–Crippen MR) is 127 cm³/mol. The summed E-state index contributed by atoms with van der Waals surface area (Å²) in [4.78, 5) is 27.1. The van der Waals surface area contributed by atoms with E-state index >= 15 is 0 Å². The number of aromatic nitrogens is 4. The van der Waals surface area contributed by atoms with E-state index in [-0.39, 0.29) is 17.3 Å². The minimum Gasteiger partial charge on any atom is -0.325 e. The fourth-order valence-electron chi connectivity index (χ4n) is 3.20. The number of nitro benzene ring substituents is 1. The zero-order chi connectivity index (χ0) is 23.4. The van der Waals surface area contributed by atoms with E-state index in [0.29, 0.717) is 22.2 Å². The Kier molecular flexibility index (Phi) is 6.45. The van der Waals surface area contributed by atoms with Gasteiger partial charge < -0.3 is 5.32 Å². The Balaban J connectivity index is 1.56.